The zero-order chi connectivity index (χ0) is 17.3. The minimum Gasteiger partial charge on any atom is -0.344 e. The van der Waals surface area contributed by atoms with Gasteiger partial charge < -0.3 is 4.57 Å². The number of nitrogens with zero attached hydrogens (tertiary/aromatic N) is 3. The van der Waals surface area contributed by atoms with E-state index in [2.05, 4.69) is 10.2 Å². The van der Waals surface area contributed by atoms with Crippen LogP contribution in [0.4, 0.5) is 0 Å². The van der Waals surface area contributed by atoms with Crippen LogP contribution in [0.3, 0.4) is 0 Å². The lowest BCUT2D eigenvalue weighted by Crippen LogP contribution is -2.11. The summed E-state index contributed by atoms with van der Waals surface area (Å²) in [6, 6.07) is 9.59. The molecular formula is C19H19N3O2. The number of carbonyl (C=O) groups excluding carboxylic acids is 2. The molecule has 0 unspecified atom stereocenters. The zero-order valence-electron chi connectivity index (χ0n) is 14.0. The second-order valence-electron chi connectivity index (χ2n) is 6.09. The molecule has 0 bridgehead atoms. The highest BCUT2D eigenvalue weighted by Crippen LogP contribution is 2.22. The molecule has 5 heteroatoms. The van der Waals surface area contributed by atoms with Crippen LogP contribution in [0.2, 0.25) is 0 Å². The molecule has 0 saturated carbocycles. The number of aromatic nitrogens is 1. The van der Waals surface area contributed by atoms with Crippen molar-refractivity contribution in [2.24, 2.45) is 17.3 Å². The molecule has 1 aliphatic heterocycles. The maximum Gasteiger partial charge on any atom is 0.268 e. The Hall–Kier alpha value is -2.82. The number of benzene rings is 1. The topological polar surface area (TPSA) is 63.8 Å². The van der Waals surface area contributed by atoms with Crippen molar-refractivity contribution in [1.82, 2.24) is 4.57 Å². The fourth-order valence-corrected chi connectivity index (χ4v) is 2.87. The van der Waals surface area contributed by atoms with Crippen molar-refractivity contribution < 1.29 is 9.59 Å². The molecule has 0 radical (unpaired) electrons. The van der Waals surface area contributed by atoms with Crippen LogP contribution in [0.1, 0.15) is 39.3 Å². The van der Waals surface area contributed by atoms with Gasteiger partial charge >= 0.3 is 0 Å². The highest BCUT2D eigenvalue weighted by molar-refractivity contribution is 6.09. The van der Waals surface area contributed by atoms with Gasteiger partial charge in [0.05, 0.1) is 17.8 Å². The molecule has 122 valence electrons. The van der Waals surface area contributed by atoms with Gasteiger partial charge in [-0.25, -0.2) is 0 Å². The largest absolute Gasteiger partial charge is 0.344 e. The second-order valence-corrected chi connectivity index (χ2v) is 6.09. The molecule has 1 amide bonds. The molecule has 0 aliphatic carbocycles. The third-order valence-corrected chi connectivity index (χ3v) is 4.22. The summed E-state index contributed by atoms with van der Waals surface area (Å²) < 4.78 is 1.91. The van der Waals surface area contributed by atoms with Gasteiger partial charge in [-0.2, -0.15) is 5.11 Å². The molecule has 3 rings (SSSR count). The van der Waals surface area contributed by atoms with E-state index < -0.39 is 0 Å². The summed E-state index contributed by atoms with van der Waals surface area (Å²) in [7, 11) is 1.88. The molecule has 0 spiro atoms. The fourth-order valence-electron chi connectivity index (χ4n) is 2.87. The van der Waals surface area contributed by atoms with Crippen molar-refractivity contribution in [3.05, 3.63) is 70.2 Å². The Morgan fingerprint density at radius 2 is 1.88 bits per heavy atom. The van der Waals surface area contributed by atoms with Crippen LogP contribution in [0, 0.1) is 13.8 Å². The standard InChI is InChI=1S/C19H19N3O2/c1-12-4-6-14(7-5-12)19(24)18-13(2)10-16(22(18)3)11-15-8-9-17(23)21-20-15/h4-8,10H,9,11H2,1-3H3. The zero-order valence-corrected chi connectivity index (χ0v) is 14.0. The molecule has 1 aliphatic rings. The van der Waals surface area contributed by atoms with E-state index in [4.69, 9.17) is 0 Å². The molecule has 1 aromatic heterocycles. The molecule has 24 heavy (non-hydrogen) atoms. The molecule has 0 saturated heterocycles. The first kappa shape index (κ1) is 16.1. The van der Waals surface area contributed by atoms with Gasteiger partial charge in [0.25, 0.3) is 5.91 Å². The molecule has 1 aromatic carbocycles. The van der Waals surface area contributed by atoms with Crippen molar-refractivity contribution in [3.63, 3.8) is 0 Å². The number of hydrogen-bond donors (Lipinski definition) is 0. The van der Waals surface area contributed by atoms with Crippen molar-refractivity contribution >= 4 is 11.7 Å². The van der Waals surface area contributed by atoms with E-state index in [0.717, 1.165) is 22.5 Å². The van der Waals surface area contributed by atoms with Crippen LogP contribution >= 0.6 is 0 Å². The lowest BCUT2D eigenvalue weighted by Gasteiger charge is -2.09. The monoisotopic (exact) mass is 321 g/mol. The first-order chi connectivity index (χ1) is 11.5. The van der Waals surface area contributed by atoms with Crippen LogP contribution in [-0.2, 0) is 18.3 Å². The Morgan fingerprint density at radius 1 is 1.17 bits per heavy atom. The van der Waals surface area contributed by atoms with Gasteiger partial charge in [-0.15, -0.1) is 5.11 Å². The molecule has 0 fully saturated rings. The number of allylic oxidation sites excluding steroid dienone is 1. The Kier molecular flexibility index (Phi) is 4.25. The quantitative estimate of drug-likeness (QED) is 0.806. The van der Waals surface area contributed by atoms with Gasteiger partial charge in [0.15, 0.2) is 0 Å². The second kappa shape index (κ2) is 6.35. The van der Waals surface area contributed by atoms with E-state index in [1.54, 1.807) is 6.08 Å². The van der Waals surface area contributed by atoms with Gasteiger partial charge in [0.1, 0.15) is 0 Å². The molecular weight excluding hydrogens is 302 g/mol. The molecule has 2 aromatic rings. The van der Waals surface area contributed by atoms with E-state index >= 15 is 0 Å². The fraction of sp³-hybridized carbons (Fsp3) is 0.263. The highest BCUT2D eigenvalue weighted by atomic mass is 16.1. The minimum absolute atomic E-state index is 0.00989. The maximum atomic E-state index is 12.8. The summed E-state index contributed by atoms with van der Waals surface area (Å²) >= 11 is 0. The first-order valence-electron chi connectivity index (χ1n) is 7.86. The Bertz CT molecular complexity index is 871. The number of hydrogen-bond acceptors (Lipinski definition) is 3. The van der Waals surface area contributed by atoms with E-state index in [1.807, 2.05) is 55.8 Å². The Morgan fingerprint density at radius 3 is 2.50 bits per heavy atom. The number of aryl methyl sites for hydroxylation is 2. The van der Waals surface area contributed by atoms with Crippen LogP contribution in [-0.4, -0.2) is 16.3 Å². The smallest absolute Gasteiger partial charge is 0.268 e. The van der Waals surface area contributed by atoms with Crippen LogP contribution in [0.15, 0.2) is 52.3 Å². The summed E-state index contributed by atoms with van der Waals surface area (Å²) in [5.74, 6) is -0.215. The summed E-state index contributed by atoms with van der Waals surface area (Å²) in [4.78, 5) is 23.9. The predicted molar refractivity (Wildman–Crippen MR) is 91.0 cm³/mol. The molecule has 0 atom stereocenters. The summed E-state index contributed by atoms with van der Waals surface area (Å²) in [6.07, 6.45) is 2.63. The van der Waals surface area contributed by atoms with E-state index in [0.29, 0.717) is 17.7 Å². The van der Waals surface area contributed by atoms with E-state index in [-0.39, 0.29) is 18.1 Å². The van der Waals surface area contributed by atoms with Gasteiger partial charge in [0, 0.05) is 24.7 Å². The average Bonchev–Trinajstić information content (AvgIpc) is 2.83. The first-order valence-corrected chi connectivity index (χ1v) is 7.86. The number of ketones is 1. The third-order valence-electron chi connectivity index (χ3n) is 4.22. The third kappa shape index (κ3) is 3.11. The number of rotatable bonds is 4. The lowest BCUT2D eigenvalue weighted by atomic mass is 10.0. The number of amides is 1. The summed E-state index contributed by atoms with van der Waals surface area (Å²) in [6.45, 7) is 3.93. The SMILES string of the molecule is Cc1ccc(C(=O)c2c(C)cc(CC3=CCC(=O)N=N3)n2C)cc1. The molecule has 0 N–H and O–H groups in total. The summed E-state index contributed by atoms with van der Waals surface area (Å²) in [5.41, 5.74) is 5.14. The van der Waals surface area contributed by atoms with Crippen molar-refractivity contribution in [2.75, 3.05) is 0 Å². The lowest BCUT2D eigenvalue weighted by molar-refractivity contribution is -0.117. The Labute approximate surface area is 140 Å². The number of carbonyl (C=O) groups is 2. The van der Waals surface area contributed by atoms with Gasteiger partial charge in [0.2, 0.25) is 5.78 Å². The van der Waals surface area contributed by atoms with Crippen molar-refractivity contribution in [1.29, 1.82) is 0 Å². The Balaban J connectivity index is 1.89. The highest BCUT2D eigenvalue weighted by Gasteiger charge is 2.19. The van der Waals surface area contributed by atoms with Crippen molar-refractivity contribution in [3.8, 4) is 0 Å². The van der Waals surface area contributed by atoms with Gasteiger partial charge in [-0.1, -0.05) is 35.9 Å². The van der Waals surface area contributed by atoms with E-state index in [9.17, 15) is 9.59 Å². The van der Waals surface area contributed by atoms with Crippen LogP contribution in [0.5, 0.6) is 0 Å². The van der Waals surface area contributed by atoms with Crippen molar-refractivity contribution in [2.45, 2.75) is 26.7 Å². The van der Waals surface area contributed by atoms with Gasteiger partial charge in [-0.3, -0.25) is 9.59 Å². The maximum absolute atomic E-state index is 12.8. The average molecular weight is 321 g/mol. The number of azo groups is 1. The van der Waals surface area contributed by atoms with Crippen LogP contribution in [0.25, 0.3) is 0 Å². The normalized spacial score (nSPS) is 14.0. The molecule has 2 heterocycles. The minimum atomic E-state index is -0.225. The summed E-state index contributed by atoms with van der Waals surface area (Å²) in [5, 5.41) is 7.54. The van der Waals surface area contributed by atoms with Gasteiger partial charge in [-0.05, 0) is 25.5 Å². The predicted octanol–water partition coefficient (Wildman–Crippen LogP) is 3.68. The van der Waals surface area contributed by atoms with Crippen LogP contribution < -0.4 is 0 Å². The van der Waals surface area contributed by atoms with E-state index in [1.165, 1.54) is 0 Å². The molecule has 5 nitrogen and oxygen atoms in total.